The molecule has 0 saturated heterocycles. The topological polar surface area (TPSA) is 55.6 Å². The van der Waals surface area contributed by atoms with E-state index in [4.69, 9.17) is 10.5 Å². The van der Waals surface area contributed by atoms with Crippen molar-refractivity contribution in [3.05, 3.63) is 35.6 Å². The first-order valence-electron chi connectivity index (χ1n) is 6.86. The monoisotopic (exact) mass is 318 g/mol. The van der Waals surface area contributed by atoms with Crippen LogP contribution >= 0.6 is 12.4 Å². The summed E-state index contributed by atoms with van der Waals surface area (Å²) in [6.07, 6.45) is 1.47. The Labute approximate surface area is 131 Å². The van der Waals surface area contributed by atoms with Crippen LogP contribution in [0, 0.1) is 5.82 Å². The molecule has 1 amide bonds. The average Bonchev–Trinajstić information content (AvgIpc) is 2.43. The largest absolute Gasteiger partial charge is 0.383 e. The van der Waals surface area contributed by atoms with E-state index in [2.05, 4.69) is 0 Å². The summed E-state index contributed by atoms with van der Waals surface area (Å²) in [5.74, 6) is -0.378. The van der Waals surface area contributed by atoms with E-state index in [0.29, 0.717) is 19.5 Å². The molecule has 0 saturated carbocycles. The first kappa shape index (κ1) is 19.8. The maximum atomic E-state index is 13.1. The Morgan fingerprint density at radius 1 is 1.43 bits per heavy atom. The highest BCUT2D eigenvalue weighted by Gasteiger charge is 2.20. The molecule has 4 nitrogen and oxygen atoms in total. The van der Waals surface area contributed by atoms with Crippen LogP contribution in [0.2, 0.25) is 0 Å². The molecule has 120 valence electrons. The van der Waals surface area contributed by atoms with Gasteiger partial charge in [0.15, 0.2) is 0 Å². The molecule has 0 heterocycles. The fourth-order valence-electron chi connectivity index (χ4n) is 2.04. The molecule has 1 atom stereocenters. The molecule has 0 aliphatic heterocycles. The second-order valence-electron chi connectivity index (χ2n) is 4.77. The number of nitrogens with two attached hydrogens (primary N) is 1. The Morgan fingerprint density at radius 3 is 2.71 bits per heavy atom. The lowest BCUT2D eigenvalue weighted by atomic mass is 10.1. The lowest BCUT2D eigenvalue weighted by molar-refractivity contribution is -0.133. The maximum Gasteiger partial charge on any atom is 0.241 e. The predicted octanol–water partition coefficient (Wildman–Crippen LogP) is 2.00. The molecule has 0 aliphatic rings. The van der Waals surface area contributed by atoms with Crippen molar-refractivity contribution in [1.29, 1.82) is 0 Å². The summed E-state index contributed by atoms with van der Waals surface area (Å²) in [5, 5.41) is 0. The minimum atomic E-state index is -0.640. The van der Waals surface area contributed by atoms with Gasteiger partial charge in [0.1, 0.15) is 11.9 Å². The van der Waals surface area contributed by atoms with Gasteiger partial charge in [-0.1, -0.05) is 19.1 Å². The van der Waals surface area contributed by atoms with Gasteiger partial charge in [0.05, 0.1) is 6.61 Å². The van der Waals surface area contributed by atoms with E-state index in [1.807, 2.05) is 13.0 Å². The van der Waals surface area contributed by atoms with Crippen LogP contribution in [0.25, 0.3) is 0 Å². The Bertz CT molecular complexity index is 432. The van der Waals surface area contributed by atoms with Crippen molar-refractivity contribution in [2.45, 2.75) is 25.8 Å². The number of ether oxygens (including phenoxy) is 1. The maximum absolute atomic E-state index is 13.1. The summed E-state index contributed by atoms with van der Waals surface area (Å²) in [6, 6.07) is 5.79. The lowest BCUT2D eigenvalue weighted by Gasteiger charge is -2.25. The van der Waals surface area contributed by atoms with E-state index >= 15 is 0 Å². The van der Waals surface area contributed by atoms with Gasteiger partial charge in [-0.2, -0.15) is 0 Å². The van der Waals surface area contributed by atoms with E-state index in [0.717, 1.165) is 12.0 Å². The van der Waals surface area contributed by atoms with Gasteiger partial charge >= 0.3 is 0 Å². The number of carbonyl (C=O) groups is 1. The quantitative estimate of drug-likeness (QED) is 0.797. The van der Waals surface area contributed by atoms with Crippen LogP contribution in [0.3, 0.4) is 0 Å². The van der Waals surface area contributed by atoms with Crippen molar-refractivity contribution in [2.75, 3.05) is 26.8 Å². The van der Waals surface area contributed by atoms with Crippen LogP contribution in [0.4, 0.5) is 4.39 Å². The summed E-state index contributed by atoms with van der Waals surface area (Å²) in [7, 11) is 1.52. The highest BCUT2D eigenvalue weighted by Crippen LogP contribution is 2.06. The summed E-state index contributed by atoms with van der Waals surface area (Å²) >= 11 is 0. The lowest BCUT2D eigenvalue weighted by Crippen LogP contribution is -2.47. The molecule has 0 spiro atoms. The molecule has 1 aromatic carbocycles. The van der Waals surface area contributed by atoms with Gasteiger partial charge in [0.2, 0.25) is 5.91 Å². The number of benzene rings is 1. The van der Waals surface area contributed by atoms with Crippen molar-refractivity contribution in [3.63, 3.8) is 0 Å². The molecule has 6 heteroatoms. The van der Waals surface area contributed by atoms with Crippen LogP contribution in [-0.2, 0) is 16.0 Å². The molecule has 0 radical (unpaired) electrons. The van der Waals surface area contributed by atoms with Gasteiger partial charge < -0.3 is 15.4 Å². The van der Waals surface area contributed by atoms with Crippen molar-refractivity contribution in [1.82, 2.24) is 4.90 Å². The third kappa shape index (κ3) is 6.89. The van der Waals surface area contributed by atoms with Gasteiger partial charge in [-0.25, -0.2) is 4.39 Å². The van der Waals surface area contributed by atoms with Crippen molar-refractivity contribution in [2.24, 2.45) is 5.73 Å². The number of hydrogen-bond donors (Lipinski definition) is 1. The van der Waals surface area contributed by atoms with E-state index in [9.17, 15) is 9.18 Å². The van der Waals surface area contributed by atoms with Crippen LogP contribution in [0.5, 0.6) is 0 Å². The van der Waals surface area contributed by atoms with E-state index in [1.165, 1.54) is 19.2 Å². The highest BCUT2D eigenvalue weighted by atomic mass is 35.5. The molecule has 1 unspecified atom stereocenters. The van der Waals surface area contributed by atoms with Gasteiger partial charge in [-0.05, 0) is 30.5 Å². The first-order valence-corrected chi connectivity index (χ1v) is 6.86. The number of carbonyl (C=O) groups excluding carboxylic acids is 1. The zero-order chi connectivity index (χ0) is 15.0. The van der Waals surface area contributed by atoms with Gasteiger partial charge in [-0.15, -0.1) is 12.4 Å². The zero-order valence-corrected chi connectivity index (χ0v) is 13.4. The molecule has 1 rings (SSSR count). The standard InChI is InChI=1S/C15H23FN2O2.ClH/c1-3-8-18(15(19)14(17)11-20-2)9-7-12-5-4-6-13(16)10-12;/h4-6,10,14H,3,7-9,11,17H2,1-2H3;1H. The summed E-state index contributed by atoms with van der Waals surface area (Å²) in [4.78, 5) is 13.9. The second-order valence-corrected chi connectivity index (χ2v) is 4.77. The van der Waals surface area contributed by atoms with Gasteiger partial charge in [0.25, 0.3) is 0 Å². The zero-order valence-electron chi connectivity index (χ0n) is 12.5. The van der Waals surface area contributed by atoms with Crippen LogP contribution in [-0.4, -0.2) is 43.7 Å². The molecular weight excluding hydrogens is 295 g/mol. The minimum absolute atomic E-state index is 0. The Balaban J connectivity index is 0.00000400. The normalized spacial score (nSPS) is 11.6. The number of halogens is 2. The SMILES string of the molecule is CCCN(CCc1cccc(F)c1)C(=O)C(N)COC.Cl. The number of amides is 1. The number of rotatable bonds is 8. The van der Waals surface area contributed by atoms with Crippen molar-refractivity contribution >= 4 is 18.3 Å². The van der Waals surface area contributed by atoms with Gasteiger partial charge in [-0.3, -0.25) is 4.79 Å². The fourth-order valence-corrected chi connectivity index (χ4v) is 2.04. The Kier molecular flexibility index (Phi) is 9.95. The van der Waals surface area contributed by atoms with E-state index < -0.39 is 6.04 Å². The van der Waals surface area contributed by atoms with Crippen molar-refractivity contribution < 1.29 is 13.9 Å². The van der Waals surface area contributed by atoms with E-state index in [1.54, 1.807) is 11.0 Å². The third-order valence-electron chi connectivity index (χ3n) is 3.03. The molecule has 0 fully saturated rings. The van der Waals surface area contributed by atoms with E-state index in [-0.39, 0.29) is 30.7 Å². The first-order chi connectivity index (χ1) is 9.58. The van der Waals surface area contributed by atoms with Crippen LogP contribution < -0.4 is 5.73 Å². The van der Waals surface area contributed by atoms with Crippen molar-refractivity contribution in [3.8, 4) is 0 Å². The molecule has 0 aliphatic carbocycles. The van der Waals surface area contributed by atoms with Crippen LogP contribution in [0.1, 0.15) is 18.9 Å². The summed E-state index contributed by atoms with van der Waals surface area (Å²) < 4.78 is 18.0. The fraction of sp³-hybridized carbons (Fsp3) is 0.533. The molecule has 0 aromatic heterocycles. The van der Waals surface area contributed by atoms with Crippen LogP contribution in [0.15, 0.2) is 24.3 Å². The molecule has 1 aromatic rings. The number of hydrogen-bond acceptors (Lipinski definition) is 3. The summed E-state index contributed by atoms with van der Waals surface area (Å²) in [6.45, 7) is 3.39. The molecule has 2 N–H and O–H groups in total. The molecule has 21 heavy (non-hydrogen) atoms. The third-order valence-corrected chi connectivity index (χ3v) is 3.03. The smallest absolute Gasteiger partial charge is 0.241 e. The number of methoxy groups -OCH3 is 1. The Morgan fingerprint density at radius 2 is 2.14 bits per heavy atom. The molecule has 0 bridgehead atoms. The van der Waals surface area contributed by atoms with Gasteiger partial charge in [0, 0.05) is 20.2 Å². The highest BCUT2D eigenvalue weighted by molar-refractivity contribution is 5.85. The summed E-state index contributed by atoms with van der Waals surface area (Å²) in [5.41, 5.74) is 6.65. The second kappa shape index (κ2) is 10.5. The predicted molar refractivity (Wildman–Crippen MR) is 84.1 cm³/mol. The minimum Gasteiger partial charge on any atom is -0.383 e. The molecular formula is C15H24ClFN2O2. The number of nitrogens with zero attached hydrogens (tertiary/aromatic N) is 1. The average molecular weight is 319 g/mol. The Hall–Kier alpha value is -1.17.